The van der Waals surface area contributed by atoms with Gasteiger partial charge in [-0.2, -0.15) is 0 Å². The molecule has 0 spiro atoms. The molecule has 1 amide bonds. The Morgan fingerprint density at radius 2 is 1.75 bits per heavy atom. The molecule has 0 unspecified atom stereocenters. The predicted molar refractivity (Wildman–Crippen MR) is 127 cm³/mol. The van der Waals surface area contributed by atoms with Crippen LogP contribution in [0, 0.1) is 0 Å². The summed E-state index contributed by atoms with van der Waals surface area (Å²) < 4.78 is 6.23. The zero-order valence-electron chi connectivity index (χ0n) is 18.3. The van der Waals surface area contributed by atoms with Crippen molar-refractivity contribution in [2.24, 2.45) is 0 Å². The van der Waals surface area contributed by atoms with Crippen LogP contribution in [-0.2, 0) is 11.2 Å². The number of carbonyl (C=O) groups excluding carboxylic acids is 2. The second-order valence-electron chi connectivity index (χ2n) is 7.95. The van der Waals surface area contributed by atoms with Crippen LogP contribution in [0.5, 0.6) is 5.75 Å². The summed E-state index contributed by atoms with van der Waals surface area (Å²) >= 11 is 0. The van der Waals surface area contributed by atoms with Gasteiger partial charge in [-0.1, -0.05) is 55.5 Å². The van der Waals surface area contributed by atoms with Crippen molar-refractivity contribution in [1.82, 2.24) is 5.32 Å². The van der Waals surface area contributed by atoms with Crippen LogP contribution >= 0.6 is 0 Å². The van der Waals surface area contributed by atoms with Gasteiger partial charge < -0.3 is 10.1 Å². The number of benzene rings is 3. The maximum atomic E-state index is 12.3. The van der Waals surface area contributed by atoms with E-state index in [0.29, 0.717) is 30.0 Å². The van der Waals surface area contributed by atoms with E-state index in [0.717, 1.165) is 36.0 Å². The van der Waals surface area contributed by atoms with Gasteiger partial charge >= 0.3 is 0 Å². The number of allylic oxidation sites excluding steroid dienone is 1. The van der Waals surface area contributed by atoms with Gasteiger partial charge in [0.15, 0.2) is 5.78 Å². The van der Waals surface area contributed by atoms with Gasteiger partial charge in [-0.05, 0) is 60.2 Å². The van der Waals surface area contributed by atoms with Crippen molar-refractivity contribution in [2.45, 2.75) is 32.6 Å². The van der Waals surface area contributed by atoms with Gasteiger partial charge in [-0.15, -0.1) is 0 Å². The van der Waals surface area contributed by atoms with Crippen molar-refractivity contribution < 1.29 is 14.3 Å². The first-order valence-corrected chi connectivity index (χ1v) is 11.1. The molecule has 0 bridgehead atoms. The van der Waals surface area contributed by atoms with Crippen LogP contribution in [0.2, 0.25) is 0 Å². The van der Waals surface area contributed by atoms with Gasteiger partial charge in [0, 0.05) is 30.2 Å². The topological polar surface area (TPSA) is 55.4 Å². The van der Waals surface area contributed by atoms with Crippen LogP contribution in [-0.4, -0.2) is 18.2 Å². The fraction of sp³-hybridized carbons (Fsp3) is 0.214. The van der Waals surface area contributed by atoms with Crippen molar-refractivity contribution in [1.29, 1.82) is 0 Å². The zero-order valence-corrected chi connectivity index (χ0v) is 18.3. The van der Waals surface area contributed by atoms with Crippen molar-refractivity contribution in [3.63, 3.8) is 0 Å². The fourth-order valence-corrected chi connectivity index (χ4v) is 3.83. The van der Waals surface area contributed by atoms with Gasteiger partial charge in [-0.25, -0.2) is 0 Å². The molecule has 1 aliphatic carbocycles. The molecule has 4 heteroatoms. The standard InChI is InChI=1S/C28H27NO3/c1-2-17-29-28(31)22-15-13-20(14-16-22)23-9-6-11-25(18-23)32-27-19-24(30)10-5-8-21-7-3-4-12-26(21)27/h3-4,6-7,9,11-16,18-19H,2,5,8,10,17H2,1H3,(H,29,31). The average Bonchev–Trinajstić information content (AvgIpc) is 2.82. The number of ketones is 1. The number of hydrogen-bond acceptors (Lipinski definition) is 3. The Hall–Kier alpha value is -3.66. The molecule has 0 saturated heterocycles. The fourth-order valence-electron chi connectivity index (χ4n) is 3.83. The Kier molecular flexibility index (Phi) is 6.81. The number of aryl methyl sites for hydroxylation is 1. The number of nitrogens with one attached hydrogen (secondary N) is 1. The Morgan fingerprint density at radius 3 is 2.56 bits per heavy atom. The van der Waals surface area contributed by atoms with E-state index in [9.17, 15) is 9.59 Å². The van der Waals surface area contributed by atoms with Gasteiger partial charge in [0.1, 0.15) is 11.5 Å². The van der Waals surface area contributed by atoms with Crippen LogP contribution in [0.15, 0.2) is 78.9 Å². The Morgan fingerprint density at radius 1 is 0.938 bits per heavy atom. The van der Waals surface area contributed by atoms with Gasteiger partial charge in [-0.3, -0.25) is 9.59 Å². The molecule has 4 rings (SSSR count). The third kappa shape index (κ3) is 5.14. The highest BCUT2D eigenvalue weighted by atomic mass is 16.5. The Labute approximate surface area is 188 Å². The molecule has 0 saturated carbocycles. The second kappa shape index (κ2) is 10.1. The highest BCUT2D eigenvalue weighted by molar-refractivity contribution is 5.96. The lowest BCUT2D eigenvalue weighted by Crippen LogP contribution is -2.23. The maximum Gasteiger partial charge on any atom is 0.251 e. The largest absolute Gasteiger partial charge is 0.457 e. The van der Waals surface area contributed by atoms with Crippen molar-refractivity contribution in [3.05, 3.63) is 95.6 Å². The van der Waals surface area contributed by atoms with Crippen LogP contribution in [0.25, 0.3) is 16.9 Å². The summed E-state index contributed by atoms with van der Waals surface area (Å²) in [6.45, 7) is 2.70. The number of amides is 1. The molecule has 0 heterocycles. The third-order valence-corrected chi connectivity index (χ3v) is 5.52. The van der Waals surface area contributed by atoms with E-state index in [1.807, 2.05) is 73.7 Å². The number of rotatable bonds is 6. The van der Waals surface area contributed by atoms with Gasteiger partial charge in [0.25, 0.3) is 5.91 Å². The summed E-state index contributed by atoms with van der Waals surface area (Å²) in [5, 5.41) is 2.89. The van der Waals surface area contributed by atoms with Crippen molar-refractivity contribution >= 4 is 17.4 Å². The number of hydrogen-bond donors (Lipinski definition) is 1. The van der Waals surface area contributed by atoms with E-state index in [1.165, 1.54) is 5.56 Å². The Balaban J connectivity index is 1.58. The molecule has 3 aromatic rings. The molecule has 1 N–H and O–H groups in total. The number of fused-ring (bicyclic) bond motifs is 1. The molecule has 0 radical (unpaired) electrons. The van der Waals surface area contributed by atoms with E-state index >= 15 is 0 Å². The quantitative estimate of drug-likeness (QED) is 0.541. The van der Waals surface area contributed by atoms with Crippen LogP contribution in [0.1, 0.15) is 47.7 Å². The molecule has 162 valence electrons. The van der Waals surface area contributed by atoms with E-state index in [4.69, 9.17) is 4.74 Å². The molecule has 0 aromatic heterocycles. The highest BCUT2D eigenvalue weighted by Gasteiger charge is 2.16. The summed E-state index contributed by atoms with van der Waals surface area (Å²) in [7, 11) is 0. The van der Waals surface area contributed by atoms with Crippen molar-refractivity contribution in [3.8, 4) is 16.9 Å². The Bertz CT molecular complexity index is 1150. The van der Waals surface area contributed by atoms with E-state index in [1.54, 1.807) is 6.08 Å². The molecule has 1 aliphatic rings. The molecule has 4 nitrogen and oxygen atoms in total. The summed E-state index contributed by atoms with van der Waals surface area (Å²) in [6, 6.07) is 23.4. The van der Waals surface area contributed by atoms with Crippen LogP contribution < -0.4 is 10.1 Å². The highest BCUT2D eigenvalue weighted by Crippen LogP contribution is 2.30. The normalized spacial score (nSPS) is 13.4. The van der Waals surface area contributed by atoms with Gasteiger partial charge in [0.2, 0.25) is 0 Å². The monoisotopic (exact) mass is 425 g/mol. The third-order valence-electron chi connectivity index (χ3n) is 5.52. The molecular formula is C28H27NO3. The summed E-state index contributed by atoms with van der Waals surface area (Å²) in [6.07, 6.45) is 4.76. The van der Waals surface area contributed by atoms with E-state index < -0.39 is 0 Å². The first-order valence-electron chi connectivity index (χ1n) is 11.1. The van der Waals surface area contributed by atoms with E-state index in [2.05, 4.69) is 11.4 Å². The predicted octanol–water partition coefficient (Wildman–Crippen LogP) is 5.82. The zero-order chi connectivity index (χ0) is 22.3. The van der Waals surface area contributed by atoms with Crippen LogP contribution in [0.4, 0.5) is 0 Å². The van der Waals surface area contributed by atoms with Crippen LogP contribution in [0.3, 0.4) is 0 Å². The second-order valence-corrected chi connectivity index (χ2v) is 7.95. The maximum absolute atomic E-state index is 12.3. The molecule has 32 heavy (non-hydrogen) atoms. The minimum atomic E-state index is -0.0602. The molecular weight excluding hydrogens is 398 g/mol. The lowest BCUT2D eigenvalue weighted by Gasteiger charge is -2.17. The first-order chi connectivity index (χ1) is 15.6. The summed E-state index contributed by atoms with van der Waals surface area (Å²) in [4.78, 5) is 24.4. The first kappa shape index (κ1) is 21.6. The molecule has 3 aromatic carbocycles. The molecule has 0 atom stereocenters. The summed E-state index contributed by atoms with van der Waals surface area (Å²) in [5.74, 6) is 1.28. The lowest BCUT2D eigenvalue weighted by atomic mass is 9.96. The smallest absolute Gasteiger partial charge is 0.251 e. The van der Waals surface area contributed by atoms with E-state index in [-0.39, 0.29) is 11.7 Å². The molecule has 0 fully saturated rings. The minimum Gasteiger partial charge on any atom is -0.457 e. The minimum absolute atomic E-state index is 0.0602. The summed E-state index contributed by atoms with van der Waals surface area (Å²) in [5.41, 5.74) is 4.77. The molecule has 0 aliphatic heterocycles. The number of carbonyl (C=O) groups is 2. The van der Waals surface area contributed by atoms with Crippen molar-refractivity contribution in [2.75, 3.05) is 6.54 Å². The number of ether oxygens (including phenoxy) is 1. The average molecular weight is 426 g/mol. The van der Waals surface area contributed by atoms with Gasteiger partial charge in [0.05, 0.1) is 0 Å². The lowest BCUT2D eigenvalue weighted by molar-refractivity contribution is -0.114. The SMILES string of the molecule is CCCNC(=O)c1ccc(-c2cccc(OC3=CC(=O)CCCc4ccccc43)c2)cc1.